The van der Waals surface area contributed by atoms with Gasteiger partial charge in [-0.25, -0.2) is 9.97 Å². The molecule has 0 bridgehead atoms. The molecule has 0 saturated carbocycles. The van der Waals surface area contributed by atoms with Gasteiger partial charge in [-0.05, 0) is 54.7 Å². The number of pyridine rings is 1. The topological polar surface area (TPSA) is 54.5 Å². The molecule has 2 heterocycles. The van der Waals surface area contributed by atoms with Crippen LogP contribution in [0, 0.1) is 18.3 Å². The largest absolute Gasteiger partial charge is 0.305 e. The SMILES string of the molecule is CCc1nc2c(C)cc(C#N)nc2n1C1CCc2cc(Br)ccc21. The second-order valence-corrected chi connectivity index (χ2v) is 7.17. The van der Waals surface area contributed by atoms with E-state index in [0.29, 0.717) is 5.69 Å². The van der Waals surface area contributed by atoms with E-state index in [-0.39, 0.29) is 6.04 Å². The van der Waals surface area contributed by atoms with Crippen molar-refractivity contribution in [3.05, 3.63) is 56.9 Å². The van der Waals surface area contributed by atoms with Gasteiger partial charge in [-0.3, -0.25) is 0 Å². The number of nitriles is 1. The zero-order chi connectivity index (χ0) is 16.8. The zero-order valence-corrected chi connectivity index (χ0v) is 15.3. The molecule has 1 aromatic carbocycles. The maximum atomic E-state index is 9.28. The van der Waals surface area contributed by atoms with Gasteiger partial charge in [0.2, 0.25) is 0 Å². The second-order valence-electron chi connectivity index (χ2n) is 6.26. The Morgan fingerprint density at radius 3 is 2.92 bits per heavy atom. The fraction of sp³-hybridized carbons (Fsp3) is 0.316. The first-order valence-electron chi connectivity index (χ1n) is 8.19. The monoisotopic (exact) mass is 380 g/mol. The summed E-state index contributed by atoms with van der Waals surface area (Å²) in [5.41, 5.74) is 5.94. The van der Waals surface area contributed by atoms with Crippen molar-refractivity contribution in [1.82, 2.24) is 14.5 Å². The van der Waals surface area contributed by atoms with Crippen LogP contribution < -0.4 is 0 Å². The minimum absolute atomic E-state index is 0.244. The number of halogens is 1. The summed E-state index contributed by atoms with van der Waals surface area (Å²) in [6.45, 7) is 4.12. The fourth-order valence-corrected chi connectivity index (χ4v) is 4.13. The molecule has 0 saturated heterocycles. The third-order valence-electron chi connectivity index (χ3n) is 4.81. The quantitative estimate of drug-likeness (QED) is 0.658. The fourth-order valence-electron chi connectivity index (χ4n) is 3.73. The smallest absolute Gasteiger partial charge is 0.162 e. The van der Waals surface area contributed by atoms with Gasteiger partial charge in [0.1, 0.15) is 23.1 Å². The van der Waals surface area contributed by atoms with E-state index in [1.54, 1.807) is 0 Å². The van der Waals surface area contributed by atoms with Crippen molar-refractivity contribution in [2.75, 3.05) is 0 Å². The highest BCUT2D eigenvalue weighted by atomic mass is 79.9. The molecule has 5 heteroatoms. The van der Waals surface area contributed by atoms with Gasteiger partial charge in [0, 0.05) is 10.9 Å². The third-order valence-corrected chi connectivity index (χ3v) is 5.30. The summed E-state index contributed by atoms with van der Waals surface area (Å²) >= 11 is 3.56. The van der Waals surface area contributed by atoms with Crippen LogP contribution in [-0.4, -0.2) is 14.5 Å². The highest BCUT2D eigenvalue weighted by molar-refractivity contribution is 9.10. The van der Waals surface area contributed by atoms with Gasteiger partial charge in [-0.1, -0.05) is 28.9 Å². The number of hydrogen-bond donors (Lipinski definition) is 0. The normalized spacial score (nSPS) is 16.3. The van der Waals surface area contributed by atoms with Crippen LogP contribution in [0.2, 0.25) is 0 Å². The van der Waals surface area contributed by atoms with Gasteiger partial charge < -0.3 is 4.57 Å². The average Bonchev–Trinajstić information content (AvgIpc) is 3.14. The number of fused-ring (bicyclic) bond motifs is 2. The van der Waals surface area contributed by atoms with Crippen LogP contribution in [0.3, 0.4) is 0 Å². The van der Waals surface area contributed by atoms with E-state index in [2.05, 4.69) is 56.7 Å². The molecule has 120 valence electrons. The number of nitrogens with zero attached hydrogens (tertiary/aromatic N) is 4. The maximum Gasteiger partial charge on any atom is 0.162 e. The van der Waals surface area contributed by atoms with Crippen LogP contribution in [-0.2, 0) is 12.8 Å². The van der Waals surface area contributed by atoms with Gasteiger partial charge in [0.05, 0.1) is 6.04 Å². The van der Waals surface area contributed by atoms with Crippen LogP contribution in [0.4, 0.5) is 0 Å². The van der Waals surface area contributed by atoms with Gasteiger partial charge in [-0.2, -0.15) is 5.26 Å². The Morgan fingerprint density at radius 2 is 2.17 bits per heavy atom. The number of imidazole rings is 1. The van der Waals surface area contributed by atoms with E-state index in [0.717, 1.165) is 46.3 Å². The van der Waals surface area contributed by atoms with Crippen LogP contribution in [0.5, 0.6) is 0 Å². The summed E-state index contributed by atoms with van der Waals surface area (Å²) in [7, 11) is 0. The summed E-state index contributed by atoms with van der Waals surface area (Å²) in [6.07, 6.45) is 2.95. The Hall–Kier alpha value is -2.19. The lowest BCUT2D eigenvalue weighted by atomic mass is 10.1. The predicted octanol–water partition coefficient (Wildman–Crippen LogP) is 4.47. The van der Waals surface area contributed by atoms with E-state index >= 15 is 0 Å². The first-order chi connectivity index (χ1) is 11.6. The van der Waals surface area contributed by atoms with Gasteiger partial charge in [0.15, 0.2) is 5.65 Å². The molecule has 1 atom stereocenters. The number of aryl methyl sites for hydroxylation is 3. The molecule has 3 aromatic rings. The molecular formula is C19H17BrN4. The van der Waals surface area contributed by atoms with Crippen LogP contribution in [0.15, 0.2) is 28.7 Å². The summed E-state index contributed by atoms with van der Waals surface area (Å²) in [6, 6.07) is 10.7. The molecule has 0 N–H and O–H groups in total. The van der Waals surface area contributed by atoms with Crippen LogP contribution >= 0.6 is 15.9 Å². The van der Waals surface area contributed by atoms with Gasteiger partial charge >= 0.3 is 0 Å². The van der Waals surface area contributed by atoms with Gasteiger partial charge in [-0.15, -0.1) is 0 Å². The van der Waals surface area contributed by atoms with Crippen molar-refractivity contribution in [3.63, 3.8) is 0 Å². The van der Waals surface area contributed by atoms with Crippen LogP contribution in [0.1, 0.15) is 47.6 Å². The minimum Gasteiger partial charge on any atom is -0.305 e. The first-order valence-corrected chi connectivity index (χ1v) is 8.98. The van der Waals surface area contributed by atoms with Crippen molar-refractivity contribution >= 4 is 27.1 Å². The van der Waals surface area contributed by atoms with Crippen molar-refractivity contribution in [3.8, 4) is 6.07 Å². The standard InChI is InChI=1S/C19H17BrN4/c1-3-17-23-18-11(2)8-14(10-21)22-19(18)24(17)16-7-4-12-9-13(20)5-6-15(12)16/h5-6,8-9,16H,3-4,7H2,1-2H3. The number of benzene rings is 1. The Kier molecular flexibility index (Phi) is 3.65. The highest BCUT2D eigenvalue weighted by Crippen LogP contribution is 2.38. The van der Waals surface area contributed by atoms with E-state index in [1.165, 1.54) is 11.1 Å². The Bertz CT molecular complexity index is 997. The summed E-state index contributed by atoms with van der Waals surface area (Å²) < 4.78 is 3.37. The molecule has 0 aliphatic heterocycles. The van der Waals surface area contributed by atoms with E-state index in [4.69, 9.17) is 4.98 Å². The first kappa shape index (κ1) is 15.3. The molecule has 1 unspecified atom stereocenters. The lowest BCUT2D eigenvalue weighted by molar-refractivity contribution is 0.566. The van der Waals surface area contributed by atoms with Crippen molar-refractivity contribution in [1.29, 1.82) is 5.26 Å². The highest BCUT2D eigenvalue weighted by Gasteiger charge is 2.28. The molecule has 4 nitrogen and oxygen atoms in total. The predicted molar refractivity (Wildman–Crippen MR) is 97.0 cm³/mol. The molecule has 4 rings (SSSR count). The molecule has 1 aliphatic rings. The summed E-state index contributed by atoms with van der Waals surface area (Å²) in [5, 5.41) is 9.28. The third kappa shape index (κ3) is 2.25. The molecule has 0 amide bonds. The van der Waals surface area contributed by atoms with Crippen LogP contribution in [0.25, 0.3) is 11.2 Å². The molecule has 1 aliphatic carbocycles. The lowest BCUT2D eigenvalue weighted by Gasteiger charge is -2.17. The van der Waals surface area contributed by atoms with E-state index < -0.39 is 0 Å². The molecule has 24 heavy (non-hydrogen) atoms. The van der Waals surface area contributed by atoms with Crippen molar-refractivity contribution in [2.24, 2.45) is 0 Å². The average molecular weight is 381 g/mol. The Morgan fingerprint density at radius 1 is 1.33 bits per heavy atom. The molecule has 0 radical (unpaired) electrons. The van der Waals surface area contributed by atoms with Crippen molar-refractivity contribution < 1.29 is 0 Å². The number of aromatic nitrogens is 3. The minimum atomic E-state index is 0.244. The number of hydrogen-bond acceptors (Lipinski definition) is 3. The molecule has 2 aromatic heterocycles. The summed E-state index contributed by atoms with van der Waals surface area (Å²) in [5.74, 6) is 1.04. The molecular weight excluding hydrogens is 364 g/mol. The molecule has 0 spiro atoms. The van der Waals surface area contributed by atoms with E-state index in [1.807, 2.05) is 13.0 Å². The lowest BCUT2D eigenvalue weighted by Crippen LogP contribution is -2.11. The van der Waals surface area contributed by atoms with E-state index in [9.17, 15) is 5.26 Å². The Labute approximate surface area is 149 Å². The second kappa shape index (κ2) is 5.71. The maximum absolute atomic E-state index is 9.28. The number of rotatable bonds is 2. The Balaban J connectivity index is 1.98. The van der Waals surface area contributed by atoms with Gasteiger partial charge in [0.25, 0.3) is 0 Å². The molecule has 0 fully saturated rings. The van der Waals surface area contributed by atoms with Crippen molar-refractivity contribution in [2.45, 2.75) is 39.2 Å². The zero-order valence-electron chi connectivity index (χ0n) is 13.7. The summed E-state index contributed by atoms with van der Waals surface area (Å²) in [4.78, 5) is 9.41.